The Morgan fingerprint density at radius 1 is 1.04 bits per heavy atom. The third-order valence-electron chi connectivity index (χ3n) is 3.91. The van der Waals surface area contributed by atoms with E-state index in [0.717, 1.165) is 16.7 Å². The molecule has 0 bridgehead atoms. The molecule has 0 aromatic heterocycles. The molecule has 126 valence electrons. The Kier molecular flexibility index (Phi) is 5.24. The van der Waals surface area contributed by atoms with Crippen molar-refractivity contribution in [3.63, 3.8) is 0 Å². The average Bonchev–Trinajstić information content (AvgIpc) is 2.51. The first-order valence-electron chi connectivity index (χ1n) is 7.64. The van der Waals surface area contributed by atoms with Gasteiger partial charge in [0.1, 0.15) is 11.8 Å². The van der Waals surface area contributed by atoms with Crippen molar-refractivity contribution in [1.82, 2.24) is 4.90 Å². The van der Waals surface area contributed by atoms with E-state index >= 15 is 0 Å². The lowest BCUT2D eigenvalue weighted by molar-refractivity contribution is -0.141. The topological polar surface area (TPSA) is 77.8 Å². The molecule has 0 saturated carbocycles. The minimum Gasteiger partial charge on any atom is -0.508 e. The summed E-state index contributed by atoms with van der Waals surface area (Å²) in [5.41, 5.74) is 3.13. The maximum Gasteiger partial charge on any atom is 0.326 e. The van der Waals surface area contributed by atoms with Crippen LogP contribution >= 0.6 is 0 Å². The number of aliphatic carboxylic acids is 1. The summed E-state index contributed by atoms with van der Waals surface area (Å²) in [5.74, 6) is -1.28. The predicted octanol–water partition coefficient (Wildman–Crippen LogP) is 2.78. The van der Waals surface area contributed by atoms with Crippen LogP contribution in [0.2, 0.25) is 0 Å². The maximum atomic E-state index is 12.7. The van der Waals surface area contributed by atoms with Crippen LogP contribution in [0, 0.1) is 13.8 Å². The molecule has 0 unspecified atom stereocenters. The van der Waals surface area contributed by atoms with Crippen LogP contribution in [-0.4, -0.2) is 40.1 Å². The van der Waals surface area contributed by atoms with Gasteiger partial charge in [0.15, 0.2) is 0 Å². The van der Waals surface area contributed by atoms with Gasteiger partial charge in [0.2, 0.25) is 0 Å². The SMILES string of the molecule is Cc1cc(C)cc(C(=O)N(C)[C@H](Cc2ccc(O)cc2)C(=O)O)c1. The van der Waals surface area contributed by atoms with Crippen molar-refractivity contribution in [1.29, 1.82) is 0 Å². The zero-order valence-corrected chi connectivity index (χ0v) is 14.0. The van der Waals surface area contributed by atoms with Crippen molar-refractivity contribution in [3.05, 3.63) is 64.7 Å². The highest BCUT2D eigenvalue weighted by molar-refractivity contribution is 5.96. The number of rotatable bonds is 5. The lowest BCUT2D eigenvalue weighted by atomic mass is 10.0. The second-order valence-corrected chi connectivity index (χ2v) is 6.02. The summed E-state index contributed by atoms with van der Waals surface area (Å²) >= 11 is 0. The minimum atomic E-state index is -1.07. The number of carbonyl (C=O) groups excluding carboxylic acids is 1. The standard InChI is InChI=1S/C19H21NO4/c1-12-8-13(2)10-15(9-12)18(22)20(3)17(19(23)24)11-14-4-6-16(21)7-5-14/h4-10,17,21H,11H2,1-3H3,(H,23,24)/t17-/m1/s1. The Bertz CT molecular complexity index is 732. The summed E-state index contributed by atoms with van der Waals surface area (Å²) in [4.78, 5) is 25.6. The van der Waals surface area contributed by atoms with Crippen molar-refractivity contribution in [3.8, 4) is 5.75 Å². The number of benzene rings is 2. The zero-order chi connectivity index (χ0) is 17.9. The van der Waals surface area contributed by atoms with Gasteiger partial charge >= 0.3 is 5.97 Å². The van der Waals surface area contributed by atoms with Crippen LogP contribution in [0.5, 0.6) is 5.75 Å². The molecule has 2 aromatic carbocycles. The van der Waals surface area contributed by atoms with Gasteiger partial charge < -0.3 is 15.1 Å². The Balaban J connectivity index is 2.24. The van der Waals surface area contributed by atoms with E-state index in [0.29, 0.717) is 5.56 Å². The number of carboxylic acids is 1. The van der Waals surface area contributed by atoms with E-state index in [1.165, 1.54) is 24.1 Å². The zero-order valence-electron chi connectivity index (χ0n) is 14.0. The van der Waals surface area contributed by atoms with Gasteiger partial charge in [0.05, 0.1) is 0 Å². The van der Waals surface area contributed by atoms with Crippen molar-refractivity contribution >= 4 is 11.9 Å². The molecule has 0 aliphatic carbocycles. The molecule has 0 heterocycles. The normalized spacial score (nSPS) is 11.8. The van der Waals surface area contributed by atoms with Gasteiger partial charge in [0.25, 0.3) is 5.91 Å². The molecule has 0 spiro atoms. The fraction of sp³-hybridized carbons (Fsp3) is 0.263. The van der Waals surface area contributed by atoms with Crippen molar-refractivity contribution in [2.75, 3.05) is 7.05 Å². The lowest BCUT2D eigenvalue weighted by Crippen LogP contribution is -2.43. The highest BCUT2D eigenvalue weighted by Crippen LogP contribution is 2.16. The number of aryl methyl sites for hydroxylation is 2. The number of hydrogen-bond acceptors (Lipinski definition) is 3. The Morgan fingerprint density at radius 3 is 2.08 bits per heavy atom. The summed E-state index contributed by atoms with van der Waals surface area (Å²) < 4.78 is 0. The second-order valence-electron chi connectivity index (χ2n) is 6.02. The first-order valence-corrected chi connectivity index (χ1v) is 7.64. The number of amides is 1. The number of carboxylic acid groups (broad SMARTS) is 1. The third kappa shape index (κ3) is 4.13. The summed E-state index contributed by atoms with van der Waals surface area (Å²) in [6.45, 7) is 3.80. The summed E-state index contributed by atoms with van der Waals surface area (Å²) in [7, 11) is 1.50. The Hall–Kier alpha value is -2.82. The number of nitrogens with zero attached hydrogens (tertiary/aromatic N) is 1. The van der Waals surface area contributed by atoms with Gasteiger partial charge in [-0.1, -0.05) is 29.3 Å². The fourth-order valence-corrected chi connectivity index (χ4v) is 2.69. The van der Waals surface area contributed by atoms with E-state index in [4.69, 9.17) is 0 Å². The number of carbonyl (C=O) groups is 2. The summed E-state index contributed by atoms with van der Waals surface area (Å²) in [5, 5.41) is 18.8. The van der Waals surface area contributed by atoms with Crippen LogP contribution < -0.4 is 0 Å². The van der Waals surface area contributed by atoms with Gasteiger partial charge in [0, 0.05) is 19.0 Å². The number of phenols is 1. The molecular formula is C19H21NO4. The van der Waals surface area contributed by atoms with Gasteiger partial charge in [-0.2, -0.15) is 0 Å². The highest BCUT2D eigenvalue weighted by atomic mass is 16.4. The molecule has 0 saturated heterocycles. The van der Waals surface area contributed by atoms with Crippen LogP contribution in [0.25, 0.3) is 0 Å². The molecule has 2 aromatic rings. The van der Waals surface area contributed by atoms with Gasteiger partial charge in [-0.15, -0.1) is 0 Å². The van der Waals surface area contributed by atoms with E-state index in [2.05, 4.69) is 0 Å². The molecule has 0 fully saturated rings. The molecule has 5 heteroatoms. The molecule has 0 aliphatic heterocycles. The van der Waals surface area contributed by atoms with Gasteiger partial charge in [-0.3, -0.25) is 4.79 Å². The van der Waals surface area contributed by atoms with Crippen LogP contribution in [0.3, 0.4) is 0 Å². The van der Waals surface area contributed by atoms with Crippen molar-refractivity contribution in [2.45, 2.75) is 26.3 Å². The minimum absolute atomic E-state index is 0.116. The quantitative estimate of drug-likeness (QED) is 0.885. The summed E-state index contributed by atoms with van der Waals surface area (Å²) in [6.07, 6.45) is 0.169. The molecular weight excluding hydrogens is 306 g/mol. The van der Waals surface area contributed by atoms with E-state index in [-0.39, 0.29) is 18.1 Å². The van der Waals surface area contributed by atoms with Gasteiger partial charge in [-0.25, -0.2) is 4.79 Å². The number of hydrogen-bond donors (Lipinski definition) is 2. The fourth-order valence-electron chi connectivity index (χ4n) is 2.69. The number of aromatic hydroxyl groups is 1. The first-order chi connectivity index (χ1) is 11.3. The number of likely N-dealkylation sites (N-methyl/N-ethyl adjacent to an activating group) is 1. The van der Waals surface area contributed by atoms with Gasteiger partial charge in [-0.05, 0) is 43.7 Å². The maximum absolute atomic E-state index is 12.7. The smallest absolute Gasteiger partial charge is 0.326 e. The van der Waals surface area contributed by atoms with E-state index in [9.17, 15) is 19.8 Å². The van der Waals surface area contributed by atoms with Crippen LogP contribution in [0.4, 0.5) is 0 Å². The number of phenolic OH excluding ortho intramolecular Hbond substituents is 1. The monoisotopic (exact) mass is 327 g/mol. The largest absolute Gasteiger partial charge is 0.508 e. The summed E-state index contributed by atoms with van der Waals surface area (Å²) in [6, 6.07) is 10.8. The predicted molar refractivity (Wildman–Crippen MR) is 91.2 cm³/mol. The lowest BCUT2D eigenvalue weighted by Gasteiger charge is -2.25. The molecule has 2 N–H and O–H groups in total. The molecule has 1 amide bonds. The molecule has 0 radical (unpaired) electrons. The van der Waals surface area contributed by atoms with E-state index in [1.807, 2.05) is 19.9 Å². The van der Waals surface area contributed by atoms with E-state index < -0.39 is 12.0 Å². The average molecular weight is 327 g/mol. The van der Waals surface area contributed by atoms with Crippen LogP contribution in [0.1, 0.15) is 27.0 Å². The third-order valence-corrected chi connectivity index (χ3v) is 3.91. The molecule has 2 rings (SSSR count). The van der Waals surface area contributed by atoms with Crippen molar-refractivity contribution < 1.29 is 19.8 Å². The highest BCUT2D eigenvalue weighted by Gasteiger charge is 2.27. The first kappa shape index (κ1) is 17.5. The Labute approximate surface area is 141 Å². The van der Waals surface area contributed by atoms with Crippen molar-refractivity contribution in [2.24, 2.45) is 0 Å². The second kappa shape index (κ2) is 7.17. The molecule has 0 aliphatic rings. The molecule has 1 atom stereocenters. The molecule has 24 heavy (non-hydrogen) atoms. The van der Waals surface area contributed by atoms with Crippen LogP contribution in [0.15, 0.2) is 42.5 Å². The van der Waals surface area contributed by atoms with E-state index in [1.54, 1.807) is 24.3 Å². The van der Waals surface area contributed by atoms with Crippen LogP contribution in [-0.2, 0) is 11.2 Å². The molecule has 5 nitrogen and oxygen atoms in total. The Morgan fingerprint density at radius 2 is 1.58 bits per heavy atom.